The third-order valence-electron chi connectivity index (χ3n) is 5.80. The van der Waals surface area contributed by atoms with Gasteiger partial charge in [-0.3, -0.25) is 15.0 Å². The molecule has 2 atom stereocenters. The van der Waals surface area contributed by atoms with E-state index >= 15 is 0 Å². The number of hydrogen-bond donors (Lipinski definition) is 3. The van der Waals surface area contributed by atoms with E-state index in [1.165, 1.54) is 7.11 Å². The molecule has 0 spiro atoms. The van der Waals surface area contributed by atoms with Crippen LogP contribution in [0.5, 0.6) is 0 Å². The van der Waals surface area contributed by atoms with E-state index in [9.17, 15) is 14.7 Å². The first-order chi connectivity index (χ1) is 14.2. The van der Waals surface area contributed by atoms with Crippen molar-refractivity contribution in [2.24, 2.45) is 27.3 Å². The van der Waals surface area contributed by atoms with Crippen LogP contribution in [0.25, 0.3) is 5.57 Å². The molecule has 0 radical (unpaired) electrons. The molecule has 1 aromatic rings. The standard InChI is InChI=1S/C22H24N4O4/c1-4-22(2,21(28)29)15-11-18(30-3)26-25-16-9-14(10-17(27)19(15)16)12-5-7-13(8-6-12)20(23)24/h5-9,11,15H,4,10H2,1-3H3,(H3,23,24)(H,28,29)/t15-,22+/m1/s1. The number of rotatable bonds is 6. The van der Waals surface area contributed by atoms with Gasteiger partial charge in [0, 0.05) is 23.5 Å². The van der Waals surface area contributed by atoms with E-state index in [4.69, 9.17) is 15.9 Å². The summed E-state index contributed by atoms with van der Waals surface area (Å²) in [7, 11) is 1.43. The molecule has 1 heterocycles. The lowest BCUT2D eigenvalue weighted by Crippen LogP contribution is -2.38. The molecule has 3 rings (SSSR count). The average Bonchev–Trinajstić information content (AvgIpc) is 2.93. The van der Waals surface area contributed by atoms with E-state index in [0.717, 1.165) is 11.1 Å². The topological polar surface area (TPSA) is 138 Å². The van der Waals surface area contributed by atoms with Gasteiger partial charge in [0.2, 0.25) is 5.88 Å². The summed E-state index contributed by atoms with van der Waals surface area (Å²) >= 11 is 0. The summed E-state index contributed by atoms with van der Waals surface area (Å²) < 4.78 is 5.23. The van der Waals surface area contributed by atoms with Crippen molar-refractivity contribution in [3.63, 3.8) is 0 Å². The Bertz CT molecular complexity index is 1030. The number of nitrogens with zero attached hydrogens (tertiary/aromatic N) is 2. The fraction of sp³-hybridized carbons (Fsp3) is 0.318. The summed E-state index contributed by atoms with van der Waals surface area (Å²) in [6.07, 6.45) is 3.76. The van der Waals surface area contributed by atoms with Crippen molar-refractivity contribution in [2.75, 3.05) is 7.11 Å². The van der Waals surface area contributed by atoms with E-state index in [1.807, 2.05) is 0 Å². The Labute approximate surface area is 174 Å². The van der Waals surface area contributed by atoms with Crippen LogP contribution in [0, 0.1) is 16.7 Å². The number of aliphatic carboxylic acids is 1. The molecular weight excluding hydrogens is 384 g/mol. The largest absolute Gasteiger partial charge is 0.481 e. The highest BCUT2D eigenvalue weighted by atomic mass is 16.5. The Balaban J connectivity index is 2.14. The maximum Gasteiger partial charge on any atom is 0.310 e. The van der Waals surface area contributed by atoms with E-state index in [-0.39, 0.29) is 23.9 Å². The predicted octanol–water partition coefficient (Wildman–Crippen LogP) is 3.65. The number of carboxylic acids is 1. The van der Waals surface area contributed by atoms with Gasteiger partial charge >= 0.3 is 5.97 Å². The molecule has 8 heteroatoms. The number of hydrogen-bond acceptors (Lipinski definition) is 6. The zero-order chi connectivity index (χ0) is 22.1. The number of nitrogens with two attached hydrogens (primary N) is 1. The van der Waals surface area contributed by atoms with E-state index in [1.54, 1.807) is 50.3 Å². The summed E-state index contributed by atoms with van der Waals surface area (Å²) in [5.74, 6) is -1.80. The highest BCUT2D eigenvalue weighted by Gasteiger charge is 2.45. The van der Waals surface area contributed by atoms with Gasteiger partial charge in [-0.1, -0.05) is 31.2 Å². The van der Waals surface area contributed by atoms with Gasteiger partial charge in [0.15, 0.2) is 5.78 Å². The van der Waals surface area contributed by atoms with Gasteiger partial charge in [-0.2, -0.15) is 0 Å². The number of nitrogens with one attached hydrogen (secondary N) is 1. The summed E-state index contributed by atoms with van der Waals surface area (Å²) in [4.78, 5) is 25.3. The molecule has 0 amide bonds. The van der Waals surface area contributed by atoms with Crippen LogP contribution in [0.3, 0.4) is 0 Å². The van der Waals surface area contributed by atoms with E-state index in [2.05, 4.69) is 10.2 Å². The Morgan fingerprint density at radius 3 is 2.53 bits per heavy atom. The van der Waals surface area contributed by atoms with Crippen molar-refractivity contribution in [3.8, 4) is 0 Å². The summed E-state index contributed by atoms with van der Waals surface area (Å²) in [5.41, 5.74) is 7.08. The number of carbonyl (C=O) groups excluding carboxylic acids is 1. The van der Waals surface area contributed by atoms with Gasteiger partial charge in [-0.15, -0.1) is 10.2 Å². The number of carboxylic acid groups (broad SMARTS) is 1. The number of azo groups is 1. The number of methoxy groups -OCH3 is 1. The molecule has 156 valence electrons. The molecule has 0 unspecified atom stereocenters. The smallest absolute Gasteiger partial charge is 0.310 e. The van der Waals surface area contributed by atoms with Crippen molar-refractivity contribution in [3.05, 3.63) is 64.7 Å². The molecule has 1 aromatic carbocycles. The monoisotopic (exact) mass is 408 g/mol. The van der Waals surface area contributed by atoms with Crippen molar-refractivity contribution in [1.82, 2.24) is 0 Å². The number of amidine groups is 1. The average molecular weight is 408 g/mol. The van der Waals surface area contributed by atoms with Crippen LogP contribution in [0.1, 0.15) is 37.8 Å². The molecule has 0 bridgehead atoms. The maximum atomic E-state index is 13.2. The lowest BCUT2D eigenvalue weighted by Gasteiger charge is -2.33. The van der Waals surface area contributed by atoms with Crippen LogP contribution >= 0.6 is 0 Å². The molecule has 0 saturated carbocycles. The third kappa shape index (κ3) is 3.68. The van der Waals surface area contributed by atoms with Crippen LogP contribution in [0.4, 0.5) is 0 Å². The second-order valence-electron chi connectivity index (χ2n) is 7.52. The van der Waals surface area contributed by atoms with Crippen LogP contribution in [-0.4, -0.2) is 29.8 Å². The zero-order valence-electron chi connectivity index (χ0n) is 17.1. The zero-order valence-corrected chi connectivity index (χ0v) is 17.1. The number of ketones is 1. The van der Waals surface area contributed by atoms with E-state index < -0.39 is 17.3 Å². The number of Topliss-reactive ketones (excluding diaryl/α,β-unsaturated/α-hetero) is 1. The first-order valence-corrected chi connectivity index (χ1v) is 9.55. The minimum absolute atomic E-state index is 0.0358. The fourth-order valence-electron chi connectivity index (χ4n) is 3.65. The minimum Gasteiger partial charge on any atom is -0.481 e. The molecular formula is C22H24N4O4. The van der Waals surface area contributed by atoms with Crippen molar-refractivity contribution >= 4 is 23.2 Å². The Hall–Kier alpha value is -3.55. The summed E-state index contributed by atoms with van der Waals surface area (Å²) in [6.45, 7) is 3.39. The van der Waals surface area contributed by atoms with Gasteiger partial charge in [-0.25, -0.2) is 0 Å². The Morgan fingerprint density at radius 1 is 1.33 bits per heavy atom. The second kappa shape index (κ2) is 8.06. The summed E-state index contributed by atoms with van der Waals surface area (Å²) in [6, 6.07) is 7.01. The van der Waals surface area contributed by atoms with Crippen LogP contribution < -0.4 is 5.73 Å². The highest BCUT2D eigenvalue weighted by Crippen LogP contribution is 2.44. The van der Waals surface area contributed by atoms with Gasteiger partial charge in [0.05, 0.1) is 18.2 Å². The summed E-state index contributed by atoms with van der Waals surface area (Å²) in [5, 5.41) is 25.7. The molecule has 2 aliphatic rings. The Morgan fingerprint density at radius 2 is 2.00 bits per heavy atom. The van der Waals surface area contributed by atoms with Crippen molar-refractivity contribution < 1.29 is 19.4 Å². The molecule has 0 aromatic heterocycles. The normalized spacial score (nSPS) is 20.5. The molecule has 8 nitrogen and oxygen atoms in total. The number of allylic oxidation sites excluding steroid dienone is 4. The SMILES string of the molecule is CC[C@](C)(C(=O)O)[C@@H]1C=C(OC)N=NC2=C1C(=O)CC(c1ccc(C(=N)N)cc1)=C2. The number of nitrogen functional groups attached to an aromatic ring is 1. The molecule has 1 aliphatic carbocycles. The quantitative estimate of drug-likeness (QED) is 0.487. The van der Waals surface area contributed by atoms with Crippen LogP contribution in [0.2, 0.25) is 0 Å². The molecule has 30 heavy (non-hydrogen) atoms. The van der Waals surface area contributed by atoms with Gasteiger partial charge < -0.3 is 15.6 Å². The lowest BCUT2D eigenvalue weighted by molar-refractivity contribution is -0.149. The van der Waals surface area contributed by atoms with Gasteiger partial charge in [0.1, 0.15) is 5.84 Å². The second-order valence-corrected chi connectivity index (χ2v) is 7.52. The highest BCUT2D eigenvalue weighted by molar-refractivity contribution is 6.07. The number of benzene rings is 1. The molecule has 4 N–H and O–H groups in total. The van der Waals surface area contributed by atoms with Crippen LogP contribution in [0.15, 0.2) is 63.8 Å². The van der Waals surface area contributed by atoms with Gasteiger partial charge in [0.25, 0.3) is 0 Å². The van der Waals surface area contributed by atoms with Crippen molar-refractivity contribution in [1.29, 1.82) is 5.41 Å². The fourth-order valence-corrected chi connectivity index (χ4v) is 3.65. The number of carbonyl (C=O) groups is 2. The van der Waals surface area contributed by atoms with Gasteiger partial charge in [-0.05, 0) is 36.6 Å². The minimum atomic E-state index is -1.22. The van der Waals surface area contributed by atoms with Crippen LogP contribution in [-0.2, 0) is 14.3 Å². The lowest BCUT2D eigenvalue weighted by atomic mass is 9.68. The Kier molecular flexibility index (Phi) is 5.69. The first-order valence-electron chi connectivity index (χ1n) is 9.55. The maximum absolute atomic E-state index is 13.2. The predicted molar refractivity (Wildman–Crippen MR) is 112 cm³/mol. The van der Waals surface area contributed by atoms with Crippen molar-refractivity contribution in [2.45, 2.75) is 26.7 Å². The number of ether oxygens (including phenoxy) is 1. The third-order valence-corrected chi connectivity index (χ3v) is 5.80. The molecule has 1 aliphatic heterocycles. The molecule has 0 fully saturated rings. The first kappa shape index (κ1) is 21.2. The molecule has 0 saturated heterocycles. The van der Waals surface area contributed by atoms with E-state index in [0.29, 0.717) is 23.3 Å².